The monoisotopic (exact) mass is 332 g/mol. The maximum Gasteiger partial charge on any atom is 0.335 e. The Balaban J connectivity index is 1.49. The number of anilines is 1. The number of nitrogens with zero attached hydrogens (tertiary/aromatic N) is 2. The molecule has 1 atom stereocenters. The molecule has 5 heteroatoms. The van der Waals surface area contributed by atoms with Gasteiger partial charge in [-0.2, -0.15) is 0 Å². The fraction of sp³-hybridized carbons (Fsp3) is 0.632. The van der Waals surface area contributed by atoms with Crippen LogP contribution in [0.5, 0.6) is 0 Å². The Morgan fingerprint density at radius 1 is 1.21 bits per heavy atom. The van der Waals surface area contributed by atoms with Gasteiger partial charge in [-0.05, 0) is 56.9 Å². The predicted octanol–water partition coefficient (Wildman–Crippen LogP) is 2.71. The second-order valence-corrected chi connectivity index (χ2v) is 7.61. The Labute approximate surface area is 144 Å². The van der Waals surface area contributed by atoms with Crippen LogP contribution in [0.1, 0.15) is 37.0 Å². The molecule has 2 aliphatic rings. The highest BCUT2D eigenvalue weighted by Crippen LogP contribution is 2.29. The smallest absolute Gasteiger partial charge is 0.335 e. The highest BCUT2D eigenvalue weighted by molar-refractivity contribution is 5.88. The third-order valence-corrected chi connectivity index (χ3v) is 5.17. The molecule has 3 rings (SSSR count). The first kappa shape index (κ1) is 17.2. The maximum atomic E-state index is 10.9. The maximum absolute atomic E-state index is 10.9. The zero-order valence-electron chi connectivity index (χ0n) is 14.7. The summed E-state index contributed by atoms with van der Waals surface area (Å²) in [7, 11) is 0. The molecule has 0 bridgehead atoms. The Morgan fingerprint density at radius 2 is 1.88 bits per heavy atom. The first-order chi connectivity index (χ1) is 11.4. The Bertz CT molecular complexity index is 562. The molecule has 1 N–H and O–H groups in total. The number of piperazine rings is 1. The molecule has 1 aromatic rings. The molecule has 0 aromatic heterocycles. The van der Waals surface area contributed by atoms with E-state index in [9.17, 15) is 4.79 Å². The van der Waals surface area contributed by atoms with E-state index >= 15 is 0 Å². The molecule has 0 radical (unpaired) electrons. The van der Waals surface area contributed by atoms with Crippen molar-refractivity contribution < 1.29 is 14.6 Å². The first-order valence-corrected chi connectivity index (χ1v) is 8.87. The summed E-state index contributed by atoms with van der Waals surface area (Å²) in [6, 6.07) is 7.21. The molecular formula is C19H28N2O3. The van der Waals surface area contributed by atoms with Gasteiger partial charge in [-0.25, -0.2) is 4.79 Å². The van der Waals surface area contributed by atoms with Gasteiger partial charge < -0.3 is 14.7 Å². The SMILES string of the molecule is CC1(C)C[C@H](CN2CCN(c3ccc(C(=O)O)cc3)CC2)CCO1. The lowest BCUT2D eigenvalue weighted by atomic mass is 9.88. The third kappa shape index (κ3) is 4.28. The van der Waals surface area contributed by atoms with Crippen LogP contribution in [0.25, 0.3) is 0 Å². The van der Waals surface area contributed by atoms with Crippen molar-refractivity contribution in [3.8, 4) is 0 Å². The molecule has 5 nitrogen and oxygen atoms in total. The van der Waals surface area contributed by atoms with Crippen LogP contribution >= 0.6 is 0 Å². The van der Waals surface area contributed by atoms with Gasteiger partial charge >= 0.3 is 5.97 Å². The van der Waals surface area contributed by atoms with E-state index in [4.69, 9.17) is 9.84 Å². The minimum absolute atomic E-state index is 0.0244. The lowest BCUT2D eigenvalue weighted by Crippen LogP contribution is -2.49. The van der Waals surface area contributed by atoms with Crippen LogP contribution in [0.3, 0.4) is 0 Å². The van der Waals surface area contributed by atoms with E-state index in [1.807, 2.05) is 12.1 Å². The normalized spacial score (nSPS) is 24.8. The Morgan fingerprint density at radius 3 is 2.46 bits per heavy atom. The van der Waals surface area contributed by atoms with Crippen LogP contribution in [0.15, 0.2) is 24.3 Å². The fourth-order valence-electron chi connectivity index (χ4n) is 3.88. The van der Waals surface area contributed by atoms with Crippen molar-refractivity contribution in [2.45, 2.75) is 32.3 Å². The fourth-order valence-corrected chi connectivity index (χ4v) is 3.88. The number of benzene rings is 1. The number of hydrogen-bond donors (Lipinski definition) is 1. The van der Waals surface area contributed by atoms with Crippen molar-refractivity contribution in [1.82, 2.24) is 4.90 Å². The van der Waals surface area contributed by atoms with Crippen LogP contribution in [-0.4, -0.2) is 60.9 Å². The summed E-state index contributed by atoms with van der Waals surface area (Å²) in [6.07, 6.45) is 2.31. The van der Waals surface area contributed by atoms with E-state index in [-0.39, 0.29) is 5.60 Å². The zero-order chi connectivity index (χ0) is 17.2. The number of ether oxygens (including phenoxy) is 1. The quantitative estimate of drug-likeness (QED) is 0.919. The molecule has 2 fully saturated rings. The van der Waals surface area contributed by atoms with Crippen molar-refractivity contribution >= 4 is 11.7 Å². The number of carboxylic acid groups (broad SMARTS) is 1. The molecule has 0 spiro atoms. The van der Waals surface area contributed by atoms with E-state index in [2.05, 4.69) is 23.6 Å². The second kappa shape index (κ2) is 7.11. The second-order valence-electron chi connectivity index (χ2n) is 7.61. The number of aromatic carboxylic acids is 1. The summed E-state index contributed by atoms with van der Waals surface area (Å²) in [5.41, 5.74) is 1.49. The van der Waals surface area contributed by atoms with Gasteiger partial charge in [-0.3, -0.25) is 4.90 Å². The average Bonchev–Trinajstić information content (AvgIpc) is 2.55. The number of carbonyl (C=O) groups is 1. The number of hydrogen-bond acceptors (Lipinski definition) is 4. The summed E-state index contributed by atoms with van der Waals surface area (Å²) in [5.74, 6) is -0.138. The van der Waals surface area contributed by atoms with Gasteiger partial charge in [-0.1, -0.05) is 0 Å². The minimum Gasteiger partial charge on any atom is -0.478 e. The van der Waals surface area contributed by atoms with Crippen molar-refractivity contribution in [2.75, 3.05) is 44.2 Å². The average molecular weight is 332 g/mol. The summed E-state index contributed by atoms with van der Waals surface area (Å²) in [4.78, 5) is 15.8. The van der Waals surface area contributed by atoms with Gasteiger partial charge in [0.25, 0.3) is 0 Å². The Hall–Kier alpha value is -1.59. The van der Waals surface area contributed by atoms with E-state index in [0.29, 0.717) is 5.56 Å². The van der Waals surface area contributed by atoms with E-state index in [1.54, 1.807) is 12.1 Å². The van der Waals surface area contributed by atoms with Crippen LogP contribution in [0.4, 0.5) is 5.69 Å². The molecule has 2 heterocycles. The number of rotatable bonds is 4. The van der Waals surface area contributed by atoms with Gasteiger partial charge in [0.05, 0.1) is 11.2 Å². The predicted molar refractivity (Wildman–Crippen MR) is 94.8 cm³/mol. The van der Waals surface area contributed by atoms with Crippen LogP contribution in [0.2, 0.25) is 0 Å². The standard InChI is InChI=1S/C19H28N2O3/c1-19(2)13-15(7-12-24-19)14-20-8-10-21(11-9-20)17-5-3-16(4-6-17)18(22)23/h3-6,15H,7-14H2,1-2H3,(H,22,23)/t15-/m1/s1. The van der Waals surface area contributed by atoms with Crippen molar-refractivity contribution in [1.29, 1.82) is 0 Å². The molecule has 0 unspecified atom stereocenters. The van der Waals surface area contributed by atoms with Gasteiger partial charge in [0.2, 0.25) is 0 Å². The van der Waals surface area contributed by atoms with Gasteiger partial charge in [0.15, 0.2) is 0 Å². The molecule has 2 aliphatic heterocycles. The molecular weight excluding hydrogens is 304 g/mol. The van der Waals surface area contributed by atoms with E-state index < -0.39 is 5.97 Å². The summed E-state index contributed by atoms with van der Waals surface area (Å²) in [5, 5.41) is 8.98. The number of carboxylic acids is 1. The Kier molecular flexibility index (Phi) is 5.11. The molecule has 0 aliphatic carbocycles. The molecule has 132 valence electrons. The third-order valence-electron chi connectivity index (χ3n) is 5.17. The van der Waals surface area contributed by atoms with Crippen molar-refractivity contribution in [2.24, 2.45) is 5.92 Å². The minimum atomic E-state index is -0.870. The molecule has 1 aromatic carbocycles. The van der Waals surface area contributed by atoms with Crippen molar-refractivity contribution in [3.05, 3.63) is 29.8 Å². The van der Waals surface area contributed by atoms with Crippen LogP contribution in [-0.2, 0) is 4.74 Å². The van der Waals surface area contributed by atoms with Gasteiger partial charge in [0.1, 0.15) is 0 Å². The highest BCUT2D eigenvalue weighted by atomic mass is 16.5. The highest BCUT2D eigenvalue weighted by Gasteiger charge is 2.30. The topological polar surface area (TPSA) is 53.0 Å². The lowest BCUT2D eigenvalue weighted by molar-refractivity contribution is -0.0769. The van der Waals surface area contributed by atoms with Crippen LogP contribution < -0.4 is 4.90 Å². The van der Waals surface area contributed by atoms with E-state index in [0.717, 1.165) is 50.8 Å². The summed E-state index contributed by atoms with van der Waals surface area (Å²) < 4.78 is 5.82. The van der Waals surface area contributed by atoms with E-state index in [1.165, 1.54) is 13.0 Å². The summed E-state index contributed by atoms with van der Waals surface area (Å²) >= 11 is 0. The van der Waals surface area contributed by atoms with Crippen LogP contribution in [0, 0.1) is 5.92 Å². The van der Waals surface area contributed by atoms with Gasteiger partial charge in [-0.15, -0.1) is 0 Å². The molecule has 0 saturated carbocycles. The first-order valence-electron chi connectivity index (χ1n) is 8.87. The zero-order valence-corrected chi connectivity index (χ0v) is 14.7. The lowest BCUT2D eigenvalue weighted by Gasteiger charge is -2.41. The summed E-state index contributed by atoms with van der Waals surface area (Å²) in [6.45, 7) is 10.6. The van der Waals surface area contributed by atoms with Crippen molar-refractivity contribution in [3.63, 3.8) is 0 Å². The molecule has 0 amide bonds. The molecule has 24 heavy (non-hydrogen) atoms. The largest absolute Gasteiger partial charge is 0.478 e. The van der Waals surface area contributed by atoms with Gasteiger partial charge in [0, 0.05) is 45.0 Å². The molecule has 2 saturated heterocycles.